The molecule has 5 heteroatoms. The molecule has 1 heterocycles. The normalized spacial score (nSPS) is 11.1. The standard InChI is InChI=1S/C15H20FN3S/c1-11(2)17-8-15-18-13(10-20-15)9-19(3)14-6-4-12(16)5-7-14/h4-7,10-11,17H,8-9H2,1-3H3. The van der Waals surface area contributed by atoms with E-state index in [0.29, 0.717) is 6.04 Å². The predicted octanol–water partition coefficient (Wildman–Crippen LogP) is 3.42. The van der Waals surface area contributed by atoms with Crippen molar-refractivity contribution in [3.8, 4) is 0 Å². The summed E-state index contributed by atoms with van der Waals surface area (Å²) in [6.07, 6.45) is 0. The van der Waals surface area contributed by atoms with Crippen molar-refractivity contribution in [3.05, 3.63) is 46.2 Å². The second-order valence-corrected chi connectivity index (χ2v) is 6.04. The highest BCUT2D eigenvalue weighted by molar-refractivity contribution is 7.09. The molecule has 0 amide bonds. The molecule has 0 aliphatic heterocycles. The van der Waals surface area contributed by atoms with Crippen LogP contribution < -0.4 is 10.2 Å². The van der Waals surface area contributed by atoms with Crippen molar-refractivity contribution < 1.29 is 4.39 Å². The van der Waals surface area contributed by atoms with E-state index in [4.69, 9.17) is 0 Å². The molecule has 0 atom stereocenters. The van der Waals surface area contributed by atoms with Gasteiger partial charge in [0.2, 0.25) is 0 Å². The predicted molar refractivity (Wildman–Crippen MR) is 82.6 cm³/mol. The summed E-state index contributed by atoms with van der Waals surface area (Å²) in [5.41, 5.74) is 2.03. The van der Waals surface area contributed by atoms with Crippen molar-refractivity contribution in [3.63, 3.8) is 0 Å². The molecule has 1 aromatic carbocycles. The summed E-state index contributed by atoms with van der Waals surface area (Å²) in [6.45, 7) is 5.78. The topological polar surface area (TPSA) is 28.2 Å². The molecule has 0 aliphatic rings. The minimum atomic E-state index is -0.210. The first-order valence-corrected chi connectivity index (χ1v) is 7.56. The van der Waals surface area contributed by atoms with E-state index in [1.54, 1.807) is 23.5 Å². The van der Waals surface area contributed by atoms with Crippen molar-refractivity contribution >= 4 is 17.0 Å². The minimum absolute atomic E-state index is 0.210. The van der Waals surface area contributed by atoms with E-state index in [1.807, 2.05) is 7.05 Å². The molecule has 0 unspecified atom stereocenters. The summed E-state index contributed by atoms with van der Waals surface area (Å²) in [4.78, 5) is 6.67. The molecule has 108 valence electrons. The Balaban J connectivity index is 1.94. The first-order valence-electron chi connectivity index (χ1n) is 6.68. The van der Waals surface area contributed by atoms with E-state index in [0.717, 1.165) is 29.5 Å². The van der Waals surface area contributed by atoms with Crippen LogP contribution in [0.25, 0.3) is 0 Å². The average Bonchev–Trinajstić information content (AvgIpc) is 2.84. The van der Waals surface area contributed by atoms with Gasteiger partial charge in [0.1, 0.15) is 10.8 Å². The van der Waals surface area contributed by atoms with E-state index in [9.17, 15) is 4.39 Å². The van der Waals surface area contributed by atoms with E-state index >= 15 is 0 Å². The molecule has 1 aromatic heterocycles. The van der Waals surface area contributed by atoms with Gasteiger partial charge in [-0.3, -0.25) is 0 Å². The third-order valence-electron chi connectivity index (χ3n) is 2.93. The minimum Gasteiger partial charge on any atom is -0.369 e. The van der Waals surface area contributed by atoms with Crippen LogP contribution in [0.2, 0.25) is 0 Å². The summed E-state index contributed by atoms with van der Waals surface area (Å²) >= 11 is 1.67. The first kappa shape index (κ1) is 14.9. The van der Waals surface area contributed by atoms with Crippen molar-refractivity contribution in [2.24, 2.45) is 0 Å². The third-order valence-corrected chi connectivity index (χ3v) is 3.83. The van der Waals surface area contributed by atoms with Gasteiger partial charge in [0.15, 0.2) is 0 Å². The first-order chi connectivity index (χ1) is 9.54. The lowest BCUT2D eigenvalue weighted by Crippen LogP contribution is -2.22. The van der Waals surface area contributed by atoms with Crippen LogP contribution in [0.4, 0.5) is 10.1 Å². The van der Waals surface area contributed by atoms with Crippen LogP contribution in [0.3, 0.4) is 0 Å². The van der Waals surface area contributed by atoms with Gasteiger partial charge in [0.05, 0.1) is 12.2 Å². The van der Waals surface area contributed by atoms with Gasteiger partial charge >= 0.3 is 0 Å². The molecule has 1 N–H and O–H groups in total. The highest BCUT2D eigenvalue weighted by Gasteiger charge is 2.07. The molecule has 0 saturated heterocycles. The number of hydrogen-bond acceptors (Lipinski definition) is 4. The zero-order valence-electron chi connectivity index (χ0n) is 12.1. The number of rotatable bonds is 6. The van der Waals surface area contributed by atoms with E-state index in [1.165, 1.54) is 12.1 Å². The number of anilines is 1. The lowest BCUT2D eigenvalue weighted by molar-refractivity contribution is 0.586. The molecular weight excluding hydrogens is 273 g/mol. The number of nitrogens with zero attached hydrogens (tertiary/aromatic N) is 2. The highest BCUT2D eigenvalue weighted by Crippen LogP contribution is 2.17. The van der Waals surface area contributed by atoms with Gasteiger partial charge in [0, 0.05) is 30.7 Å². The van der Waals surface area contributed by atoms with Crippen LogP contribution >= 0.6 is 11.3 Å². The van der Waals surface area contributed by atoms with Gasteiger partial charge in [0.25, 0.3) is 0 Å². The van der Waals surface area contributed by atoms with Gasteiger partial charge < -0.3 is 10.2 Å². The Morgan fingerprint density at radius 1 is 1.30 bits per heavy atom. The fourth-order valence-corrected chi connectivity index (χ4v) is 2.56. The van der Waals surface area contributed by atoms with E-state index in [-0.39, 0.29) is 5.82 Å². The maximum absolute atomic E-state index is 12.9. The zero-order chi connectivity index (χ0) is 14.5. The average molecular weight is 293 g/mol. The molecule has 0 fully saturated rings. The second kappa shape index (κ2) is 6.81. The highest BCUT2D eigenvalue weighted by atomic mass is 32.1. The lowest BCUT2D eigenvalue weighted by Gasteiger charge is -2.17. The summed E-state index contributed by atoms with van der Waals surface area (Å²) in [6, 6.07) is 6.98. The summed E-state index contributed by atoms with van der Waals surface area (Å²) < 4.78 is 12.9. The summed E-state index contributed by atoms with van der Waals surface area (Å²) in [5.74, 6) is -0.210. The Morgan fingerprint density at radius 2 is 2.00 bits per heavy atom. The van der Waals surface area contributed by atoms with Gasteiger partial charge in [-0.25, -0.2) is 9.37 Å². The Kier molecular flexibility index (Phi) is 5.09. The molecule has 20 heavy (non-hydrogen) atoms. The van der Waals surface area contributed by atoms with Crippen LogP contribution in [0, 0.1) is 5.82 Å². The SMILES string of the molecule is CC(C)NCc1nc(CN(C)c2ccc(F)cc2)cs1. The zero-order valence-corrected chi connectivity index (χ0v) is 12.9. The largest absolute Gasteiger partial charge is 0.369 e. The Morgan fingerprint density at radius 3 is 2.65 bits per heavy atom. The van der Waals surface area contributed by atoms with Crippen LogP contribution in [0.1, 0.15) is 24.5 Å². The van der Waals surface area contributed by atoms with Crippen LogP contribution in [-0.4, -0.2) is 18.1 Å². The smallest absolute Gasteiger partial charge is 0.123 e. The number of benzene rings is 1. The quantitative estimate of drug-likeness (QED) is 0.884. The Hall–Kier alpha value is -1.46. The number of aromatic nitrogens is 1. The number of nitrogens with one attached hydrogen (secondary N) is 1. The monoisotopic (exact) mass is 293 g/mol. The number of hydrogen-bond donors (Lipinski definition) is 1. The summed E-state index contributed by atoms with van der Waals surface area (Å²) in [5, 5.41) is 6.54. The molecule has 0 radical (unpaired) electrons. The fraction of sp³-hybridized carbons (Fsp3) is 0.400. The molecule has 2 rings (SSSR count). The van der Waals surface area contributed by atoms with Gasteiger partial charge in [-0.1, -0.05) is 13.8 Å². The maximum Gasteiger partial charge on any atom is 0.123 e. The van der Waals surface area contributed by atoms with Crippen LogP contribution in [0.15, 0.2) is 29.6 Å². The Bertz CT molecular complexity index is 536. The molecule has 0 bridgehead atoms. The van der Waals surface area contributed by atoms with Crippen molar-refractivity contribution in [2.45, 2.75) is 33.0 Å². The van der Waals surface area contributed by atoms with E-state index in [2.05, 4.69) is 34.4 Å². The molecule has 0 saturated carbocycles. The van der Waals surface area contributed by atoms with Gasteiger partial charge in [-0.2, -0.15) is 0 Å². The lowest BCUT2D eigenvalue weighted by atomic mass is 10.3. The van der Waals surface area contributed by atoms with Crippen molar-refractivity contribution in [1.29, 1.82) is 0 Å². The molecule has 0 aliphatic carbocycles. The van der Waals surface area contributed by atoms with Crippen molar-refractivity contribution in [1.82, 2.24) is 10.3 Å². The summed E-state index contributed by atoms with van der Waals surface area (Å²) in [7, 11) is 1.98. The van der Waals surface area contributed by atoms with Crippen molar-refractivity contribution in [2.75, 3.05) is 11.9 Å². The molecule has 2 aromatic rings. The fourth-order valence-electron chi connectivity index (χ4n) is 1.82. The number of halogens is 1. The number of thiazole rings is 1. The van der Waals surface area contributed by atoms with Crippen LogP contribution in [-0.2, 0) is 13.1 Å². The Labute approximate surface area is 123 Å². The van der Waals surface area contributed by atoms with Gasteiger partial charge in [-0.15, -0.1) is 11.3 Å². The molecule has 0 spiro atoms. The molecular formula is C15H20FN3S. The third kappa shape index (κ3) is 4.28. The second-order valence-electron chi connectivity index (χ2n) is 5.10. The van der Waals surface area contributed by atoms with Gasteiger partial charge in [-0.05, 0) is 24.3 Å². The maximum atomic E-state index is 12.9. The molecule has 3 nitrogen and oxygen atoms in total. The van der Waals surface area contributed by atoms with Crippen LogP contribution in [0.5, 0.6) is 0 Å². The van der Waals surface area contributed by atoms with E-state index < -0.39 is 0 Å².